The molecule has 72 valence electrons. The Morgan fingerprint density at radius 3 is 2.25 bits per heavy atom. The van der Waals surface area contributed by atoms with Crippen LogP contribution in [0, 0.1) is 25.7 Å². The van der Waals surface area contributed by atoms with E-state index in [2.05, 4.69) is 27.7 Å². The zero-order chi connectivity index (χ0) is 9.40. The van der Waals surface area contributed by atoms with Crippen LogP contribution >= 0.6 is 0 Å². The first-order valence-electron chi connectivity index (χ1n) is 5.29. The maximum atomic E-state index is 4.01. The molecule has 0 saturated heterocycles. The zero-order valence-electron chi connectivity index (χ0n) is 8.81. The summed E-state index contributed by atoms with van der Waals surface area (Å²) in [7, 11) is 0. The van der Waals surface area contributed by atoms with Crippen LogP contribution in [0.3, 0.4) is 0 Å². The molecule has 12 heavy (non-hydrogen) atoms. The maximum Gasteiger partial charge on any atom is -0.0440 e. The SMILES string of the molecule is [CH2]CCCCCC(C)CC([CH2])C. The summed E-state index contributed by atoms with van der Waals surface area (Å²) >= 11 is 0. The molecule has 0 saturated carbocycles. The van der Waals surface area contributed by atoms with E-state index in [1.165, 1.54) is 32.1 Å². The van der Waals surface area contributed by atoms with Crippen LogP contribution in [0.5, 0.6) is 0 Å². The van der Waals surface area contributed by atoms with Crippen LogP contribution in [0.15, 0.2) is 0 Å². The van der Waals surface area contributed by atoms with Crippen molar-refractivity contribution in [2.24, 2.45) is 11.8 Å². The topological polar surface area (TPSA) is 0 Å². The Balaban J connectivity index is 3.14. The molecule has 0 amide bonds. The summed E-state index contributed by atoms with van der Waals surface area (Å²) in [6, 6.07) is 0. The molecule has 0 aromatic rings. The van der Waals surface area contributed by atoms with Crippen molar-refractivity contribution in [1.29, 1.82) is 0 Å². The molecule has 0 aliphatic heterocycles. The van der Waals surface area contributed by atoms with E-state index in [9.17, 15) is 0 Å². The average Bonchev–Trinajstić information content (AvgIpc) is 1.97. The lowest BCUT2D eigenvalue weighted by Crippen LogP contribution is -1.99. The van der Waals surface area contributed by atoms with Gasteiger partial charge in [-0.3, -0.25) is 0 Å². The van der Waals surface area contributed by atoms with Crippen molar-refractivity contribution in [3.8, 4) is 0 Å². The van der Waals surface area contributed by atoms with Crippen LogP contribution in [-0.2, 0) is 0 Å². The molecule has 2 unspecified atom stereocenters. The second-order valence-electron chi connectivity index (χ2n) is 4.15. The van der Waals surface area contributed by atoms with E-state index in [0.29, 0.717) is 5.92 Å². The van der Waals surface area contributed by atoms with E-state index in [1.54, 1.807) is 0 Å². The summed E-state index contributed by atoms with van der Waals surface area (Å²) in [4.78, 5) is 0. The third-order valence-electron chi connectivity index (χ3n) is 2.25. The van der Waals surface area contributed by atoms with Crippen molar-refractivity contribution in [1.82, 2.24) is 0 Å². The fourth-order valence-electron chi connectivity index (χ4n) is 1.65. The van der Waals surface area contributed by atoms with E-state index < -0.39 is 0 Å². The second-order valence-corrected chi connectivity index (χ2v) is 4.15. The lowest BCUT2D eigenvalue weighted by molar-refractivity contribution is 0.417. The molecule has 0 N–H and O–H groups in total. The number of hydrogen-bond donors (Lipinski definition) is 0. The van der Waals surface area contributed by atoms with Crippen LogP contribution in [0.1, 0.15) is 52.4 Å². The minimum atomic E-state index is 0.618. The predicted octanol–water partition coefficient (Wildman–Crippen LogP) is 4.27. The molecular weight excluding hydrogens is 144 g/mol. The average molecular weight is 168 g/mol. The van der Waals surface area contributed by atoms with Gasteiger partial charge >= 0.3 is 0 Å². The Morgan fingerprint density at radius 1 is 1.08 bits per heavy atom. The van der Waals surface area contributed by atoms with Crippen LogP contribution in [-0.4, -0.2) is 0 Å². The molecule has 2 atom stereocenters. The molecule has 0 heteroatoms. The minimum absolute atomic E-state index is 0.618. The van der Waals surface area contributed by atoms with Crippen molar-refractivity contribution in [2.45, 2.75) is 52.4 Å². The van der Waals surface area contributed by atoms with E-state index in [-0.39, 0.29) is 0 Å². The molecule has 2 radical (unpaired) electrons. The Bertz CT molecular complexity index is 84.0. The van der Waals surface area contributed by atoms with E-state index >= 15 is 0 Å². The van der Waals surface area contributed by atoms with Gasteiger partial charge in [-0.05, 0) is 18.3 Å². The molecule has 0 fully saturated rings. The quantitative estimate of drug-likeness (QED) is 0.498. The smallest absolute Gasteiger partial charge is 0.0440 e. The number of rotatable bonds is 7. The van der Waals surface area contributed by atoms with Gasteiger partial charge in [0.1, 0.15) is 0 Å². The maximum absolute atomic E-state index is 4.01. The van der Waals surface area contributed by atoms with Gasteiger partial charge in [-0.25, -0.2) is 0 Å². The molecular formula is C12H24. The van der Waals surface area contributed by atoms with E-state index in [0.717, 1.165) is 12.3 Å². The summed E-state index contributed by atoms with van der Waals surface area (Å²) in [6.45, 7) is 12.4. The molecule has 0 rings (SSSR count). The van der Waals surface area contributed by atoms with E-state index in [1.807, 2.05) is 0 Å². The van der Waals surface area contributed by atoms with Gasteiger partial charge in [0.15, 0.2) is 0 Å². The molecule has 0 aliphatic rings. The lowest BCUT2D eigenvalue weighted by Gasteiger charge is -2.12. The number of hydrogen-bond acceptors (Lipinski definition) is 0. The highest BCUT2D eigenvalue weighted by atomic mass is 14.1. The number of unbranched alkanes of at least 4 members (excludes halogenated alkanes) is 3. The first-order chi connectivity index (χ1) is 5.66. The molecule has 0 aromatic heterocycles. The fraction of sp³-hybridized carbons (Fsp3) is 0.833. The Labute approximate surface area is 78.8 Å². The minimum Gasteiger partial charge on any atom is -0.0625 e. The highest BCUT2D eigenvalue weighted by Crippen LogP contribution is 2.17. The van der Waals surface area contributed by atoms with Crippen molar-refractivity contribution in [3.05, 3.63) is 13.8 Å². The Hall–Kier alpha value is 0. The molecule has 0 aliphatic carbocycles. The Morgan fingerprint density at radius 2 is 1.75 bits per heavy atom. The molecule has 0 heterocycles. The lowest BCUT2D eigenvalue weighted by atomic mass is 9.94. The van der Waals surface area contributed by atoms with Gasteiger partial charge < -0.3 is 0 Å². The van der Waals surface area contributed by atoms with Crippen LogP contribution in [0.25, 0.3) is 0 Å². The zero-order valence-corrected chi connectivity index (χ0v) is 8.81. The summed E-state index contributed by atoms with van der Waals surface area (Å²) in [5.74, 6) is 1.48. The van der Waals surface area contributed by atoms with Crippen LogP contribution < -0.4 is 0 Å². The highest BCUT2D eigenvalue weighted by Gasteiger charge is 2.03. The largest absolute Gasteiger partial charge is 0.0625 e. The highest BCUT2D eigenvalue weighted by molar-refractivity contribution is 4.61. The fourth-order valence-corrected chi connectivity index (χ4v) is 1.65. The van der Waals surface area contributed by atoms with Gasteiger partial charge in [0.25, 0.3) is 0 Å². The first-order valence-corrected chi connectivity index (χ1v) is 5.29. The summed E-state index contributed by atoms with van der Waals surface area (Å²) in [6.07, 6.45) is 7.79. The first kappa shape index (κ1) is 12.0. The van der Waals surface area contributed by atoms with Gasteiger partial charge in [0, 0.05) is 0 Å². The van der Waals surface area contributed by atoms with Crippen molar-refractivity contribution in [2.75, 3.05) is 0 Å². The van der Waals surface area contributed by atoms with Gasteiger partial charge in [0.05, 0.1) is 0 Å². The predicted molar refractivity (Wildman–Crippen MR) is 56.7 cm³/mol. The molecule has 0 spiro atoms. The molecule has 0 aromatic carbocycles. The standard InChI is InChI=1S/C12H24/c1-5-6-7-8-9-12(4)10-11(2)3/h11-12H,1-2,5-10H2,3-4H3. The molecule has 0 nitrogen and oxygen atoms in total. The molecule has 0 bridgehead atoms. The van der Waals surface area contributed by atoms with Gasteiger partial charge in [0.2, 0.25) is 0 Å². The van der Waals surface area contributed by atoms with E-state index in [4.69, 9.17) is 0 Å². The van der Waals surface area contributed by atoms with Crippen molar-refractivity contribution in [3.63, 3.8) is 0 Å². The van der Waals surface area contributed by atoms with Crippen molar-refractivity contribution < 1.29 is 0 Å². The van der Waals surface area contributed by atoms with Crippen LogP contribution in [0.2, 0.25) is 0 Å². The van der Waals surface area contributed by atoms with Gasteiger partial charge in [-0.15, -0.1) is 0 Å². The Kier molecular flexibility index (Phi) is 7.64. The summed E-state index contributed by atoms with van der Waals surface area (Å²) < 4.78 is 0. The summed E-state index contributed by atoms with van der Waals surface area (Å²) in [5.41, 5.74) is 0. The third kappa shape index (κ3) is 8.10. The van der Waals surface area contributed by atoms with Gasteiger partial charge in [-0.1, -0.05) is 59.8 Å². The van der Waals surface area contributed by atoms with Gasteiger partial charge in [-0.2, -0.15) is 0 Å². The van der Waals surface area contributed by atoms with Crippen LogP contribution in [0.4, 0.5) is 0 Å². The van der Waals surface area contributed by atoms with Crippen molar-refractivity contribution >= 4 is 0 Å². The normalized spacial score (nSPS) is 13.8. The second kappa shape index (κ2) is 7.64. The third-order valence-corrected chi connectivity index (χ3v) is 2.25. The monoisotopic (exact) mass is 168 g/mol. The summed E-state index contributed by atoms with van der Waals surface area (Å²) in [5, 5.41) is 0.